The molecule has 0 aliphatic carbocycles. The van der Waals surface area contributed by atoms with Crippen LogP contribution in [0.3, 0.4) is 0 Å². The molecule has 1 aromatic heterocycles. The average Bonchev–Trinajstić information content (AvgIpc) is 3.02. The maximum atomic E-state index is 12.1. The SMILES string of the molecule is C[C@@H](OC(=O)c1cc(Cl)ccn1)C(=O)Nc1ccc2c(c1)OCO2. The second kappa shape index (κ2) is 6.76. The quantitative estimate of drug-likeness (QED) is 0.855. The third-order valence-electron chi connectivity index (χ3n) is 3.22. The van der Waals surface area contributed by atoms with Crippen LogP contribution < -0.4 is 14.8 Å². The van der Waals surface area contributed by atoms with Crippen molar-refractivity contribution in [2.45, 2.75) is 13.0 Å². The Kier molecular flexibility index (Phi) is 4.52. The van der Waals surface area contributed by atoms with Gasteiger partial charge in [-0.2, -0.15) is 0 Å². The van der Waals surface area contributed by atoms with Crippen LogP contribution >= 0.6 is 11.6 Å². The number of ether oxygens (including phenoxy) is 3. The van der Waals surface area contributed by atoms with Gasteiger partial charge in [-0.3, -0.25) is 4.79 Å². The molecule has 0 bridgehead atoms. The number of hydrogen-bond donors (Lipinski definition) is 1. The number of fused-ring (bicyclic) bond motifs is 1. The third kappa shape index (κ3) is 3.57. The molecule has 3 rings (SSSR count). The summed E-state index contributed by atoms with van der Waals surface area (Å²) in [5.74, 6) is -0.0600. The zero-order valence-corrected chi connectivity index (χ0v) is 13.4. The molecule has 1 atom stereocenters. The van der Waals surface area contributed by atoms with E-state index in [0.717, 1.165) is 0 Å². The minimum Gasteiger partial charge on any atom is -0.454 e. The molecule has 8 heteroatoms. The first-order valence-electron chi connectivity index (χ1n) is 7.06. The van der Waals surface area contributed by atoms with Gasteiger partial charge in [-0.05, 0) is 31.2 Å². The Bertz CT molecular complexity index is 796. The van der Waals surface area contributed by atoms with Crippen LogP contribution in [-0.2, 0) is 9.53 Å². The molecule has 2 aromatic rings. The maximum Gasteiger partial charge on any atom is 0.357 e. The van der Waals surface area contributed by atoms with Crippen molar-refractivity contribution in [2.75, 3.05) is 12.1 Å². The molecule has 7 nitrogen and oxygen atoms in total. The lowest BCUT2D eigenvalue weighted by atomic mass is 10.2. The number of nitrogens with zero attached hydrogens (tertiary/aromatic N) is 1. The van der Waals surface area contributed by atoms with E-state index in [1.165, 1.54) is 25.3 Å². The fourth-order valence-corrected chi connectivity index (χ4v) is 2.17. The molecular formula is C16H13ClN2O5. The summed E-state index contributed by atoms with van der Waals surface area (Å²) < 4.78 is 15.5. The van der Waals surface area contributed by atoms with Gasteiger partial charge in [0.25, 0.3) is 5.91 Å². The van der Waals surface area contributed by atoms with Crippen molar-refractivity contribution in [1.82, 2.24) is 4.98 Å². The summed E-state index contributed by atoms with van der Waals surface area (Å²) >= 11 is 5.79. The molecule has 1 aliphatic heterocycles. The number of aromatic nitrogens is 1. The molecule has 2 heterocycles. The van der Waals surface area contributed by atoms with Gasteiger partial charge in [-0.15, -0.1) is 0 Å². The standard InChI is InChI=1S/C16H13ClN2O5/c1-9(24-16(21)12-6-10(17)4-5-18-12)15(20)19-11-2-3-13-14(7-11)23-8-22-13/h2-7,9H,8H2,1H3,(H,19,20)/t9-/m1/s1. The monoisotopic (exact) mass is 348 g/mol. The summed E-state index contributed by atoms with van der Waals surface area (Å²) in [6.45, 7) is 1.61. The molecule has 1 amide bonds. The summed E-state index contributed by atoms with van der Waals surface area (Å²) in [6.07, 6.45) is 0.375. The van der Waals surface area contributed by atoms with E-state index in [2.05, 4.69) is 10.3 Å². The highest BCUT2D eigenvalue weighted by Gasteiger charge is 2.21. The zero-order chi connectivity index (χ0) is 17.1. The first kappa shape index (κ1) is 16.1. The Hall–Kier alpha value is -2.80. The second-order valence-electron chi connectivity index (χ2n) is 4.96. The number of pyridine rings is 1. The van der Waals surface area contributed by atoms with Crippen molar-refractivity contribution in [3.63, 3.8) is 0 Å². The number of carbonyl (C=O) groups is 2. The Balaban J connectivity index is 1.61. The van der Waals surface area contributed by atoms with Crippen molar-refractivity contribution in [2.24, 2.45) is 0 Å². The summed E-state index contributed by atoms with van der Waals surface area (Å²) in [5.41, 5.74) is 0.540. The molecule has 0 saturated carbocycles. The summed E-state index contributed by atoms with van der Waals surface area (Å²) in [6, 6.07) is 7.89. The zero-order valence-electron chi connectivity index (χ0n) is 12.6. The van der Waals surface area contributed by atoms with Crippen LogP contribution in [0.5, 0.6) is 11.5 Å². The smallest absolute Gasteiger partial charge is 0.357 e. The lowest BCUT2D eigenvalue weighted by Gasteiger charge is -2.13. The molecule has 0 spiro atoms. The minimum atomic E-state index is -1.01. The third-order valence-corrected chi connectivity index (χ3v) is 3.46. The van der Waals surface area contributed by atoms with E-state index in [-0.39, 0.29) is 12.5 Å². The molecule has 0 fully saturated rings. The van der Waals surface area contributed by atoms with Gasteiger partial charge in [0.15, 0.2) is 17.6 Å². The van der Waals surface area contributed by atoms with E-state index in [1.54, 1.807) is 18.2 Å². The molecular weight excluding hydrogens is 336 g/mol. The van der Waals surface area contributed by atoms with Crippen LogP contribution in [0.4, 0.5) is 5.69 Å². The predicted molar refractivity (Wildman–Crippen MR) is 85.3 cm³/mol. The van der Waals surface area contributed by atoms with Gasteiger partial charge < -0.3 is 19.5 Å². The van der Waals surface area contributed by atoms with Crippen molar-refractivity contribution < 1.29 is 23.8 Å². The summed E-state index contributed by atoms with van der Waals surface area (Å²) in [7, 11) is 0. The Morgan fingerprint density at radius 1 is 1.25 bits per heavy atom. The van der Waals surface area contributed by atoms with Gasteiger partial charge in [0.2, 0.25) is 6.79 Å². The largest absolute Gasteiger partial charge is 0.454 e. The van der Waals surface area contributed by atoms with Crippen LogP contribution in [0.2, 0.25) is 5.02 Å². The molecule has 1 N–H and O–H groups in total. The van der Waals surface area contributed by atoms with Gasteiger partial charge in [0.1, 0.15) is 5.69 Å². The topological polar surface area (TPSA) is 86.8 Å². The van der Waals surface area contributed by atoms with Crippen LogP contribution in [0.15, 0.2) is 36.5 Å². The number of anilines is 1. The Labute approximate surface area is 142 Å². The highest BCUT2D eigenvalue weighted by molar-refractivity contribution is 6.30. The van der Waals surface area contributed by atoms with E-state index in [9.17, 15) is 9.59 Å². The molecule has 124 valence electrons. The minimum absolute atomic E-state index is 0.0326. The molecule has 1 aliphatic rings. The van der Waals surface area contributed by atoms with Gasteiger partial charge in [-0.25, -0.2) is 9.78 Å². The number of amides is 1. The number of carbonyl (C=O) groups excluding carboxylic acids is 2. The van der Waals surface area contributed by atoms with E-state index < -0.39 is 18.0 Å². The van der Waals surface area contributed by atoms with Crippen molar-refractivity contribution in [3.05, 3.63) is 47.2 Å². The normalized spacial score (nSPS) is 13.2. The van der Waals surface area contributed by atoms with Crippen molar-refractivity contribution >= 4 is 29.2 Å². The summed E-state index contributed by atoms with van der Waals surface area (Å²) in [4.78, 5) is 28.0. The molecule has 0 saturated heterocycles. The van der Waals surface area contributed by atoms with Gasteiger partial charge in [0, 0.05) is 23.0 Å². The lowest BCUT2D eigenvalue weighted by molar-refractivity contribution is -0.123. The first-order chi connectivity index (χ1) is 11.5. The van der Waals surface area contributed by atoms with Crippen LogP contribution in [0.1, 0.15) is 17.4 Å². The second-order valence-corrected chi connectivity index (χ2v) is 5.40. The fraction of sp³-hybridized carbons (Fsp3) is 0.188. The fourth-order valence-electron chi connectivity index (χ4n) is 2.01. The number of nitrogens with one attached hydrogen (secondary N) is 1. The Morgan fingerprint density at radius 3 is 2.83 bits per heavy atom. The number of benzene rings is 1. The van der Waals surface area contributed by atoms with Crippen molar-refractivity contribution in [1.29, 1.82) is 0 Å². The molecule has 0 radical (unpaired) electrons. The molecule has 24 heavy (non-hydrogen) atoms. The Morgan fingerprint density at radius 2 is 2.04 bits per heavy atom. The van der Waals surface area contributed by atoms with Crippen LogP contribution in [0.25, 0.3) is 0 Å². The summed E-state index contributed by atoms with van der Waals surface area (Å²) in [5, 5.41) is 3.00. The number of esters is 1. The van der Waals surface area contributed by atoms with Gasteiger partial charge >= 0.3 is 5.97 Å². The van der Waals surface area contributed by atoms with E-state index >= 15 is 0 Å². The first-order valence-corrected chi connectivity index (χ1v) is 7.44. The van der Waals surface area contributed by atoms with E-state index in [1.807, 2.05) is 0 Å². The van der Waals surface area contributed by atoms with Crippen molar-refractivity contribution in [3.8, 4) is 11.5 Å². The molecule has 1 aromatic carbocycles. The van der Waals surface area contributed by atoms with Crippen LogP contribution in [0, 0.1) is 0 Å². The lowest BCUT2D eigenvalue weighted by Crippen LogP contribution is -2.30. The average molecular weight is 349 g/mol. The van der Waals surface area contributed by atoms with Crippen LogP contribution in [-0.4, -0.2) is 29.8 Å². The number of rotatable bonds is 4. The van der Waals surface area contributed by atoms with Gasteiger partial charge in [-0.1, -0.05) is 11.6 Å². The highest BCUT2D eigenvalue weighted by Crippen LogP contribution is 2.34. The number of hydrogen-bond acceptors (Lipinski definition) is 6. The maximum absolute atomic E-state index is 12.1. The van der Waals surface area contributed by atoms with Gasteiger partial charge in [0.05, 0.1) is 0 Å². The van der Waals surface area contributed by atoms with E-state index in [4.69, 9.17) is 25.8 Å². The number of halogens is 1. The molecule has 0 unspecified atom stereocenters. The highest BCUT2D eigenvalue weighted by atomic mass is 35.5. The predicted octanol–water partition coefficient (Wildman–Crippen LogP) is 2.65. The van der Waals surface area contributed by atoms with E-state index in [0.29, 0.717) is 22.2 Å².